The molecule has 1 heterocycles. The summed E-state index contributed by atoms with van der Waals surface area (Å²) in [6.45, 7) is 4.23. The number of carbonyl (C=O) groups excluding carboxylic acids is 1. The van der Waals surface area contributed by atoms with E-state index >= 15 is 0 Å². The van der Waals surface area contributed by atoms with Gasteiger partial charge in [0.05, 0.1) is 12.2 Å². The minimum atomic E-state index is -0.608. The first-order valence-electron chi connectivity index (χ1n) is 5.81. The van der Waals surface area contributed by atoms with Crippen molar-refractivity contribution in [2.75, 3.05) is 18.9 Å². The van der Waals surface area contributed by atoms with E-state index in [1.165, 1.54) is 0 Å². The third kappa shape index (κ3) is 3.00. The third-order valence-electron chi connectivity index (χ3n) is 2.65. The normalized spacial score (nSPS) is 21.8. The molecule has 5 heteroatoms. The third-order valence-corrected chi connectivity index (χ3v) is 2.65. The molecule has 1 aromatic carbocycles. The van der Waals surface area contributed by atoms with Crippen LogP contribution >= 0.6 is 0 Å². The first-order valence-corrected chi connectivity index (χ1v) is 5.81. The zero-order chi connectivity index (χ0) is 13.2. The molecule has 0 radical (unpaired) electrons. The highest BCUT2D eigenvalue weighted by Crippen LogP contribution is 2.22. The van der Waals surface area contributed by atoms with Gasteiger partial charge in [-0.2, -0.15) is 0 Å². The molecule has 98 valence electrons. The number of ether oxygens (including phenoxy) is 3. The molecule has 2 rings (SSSR count). The summed E-state index contributed by atoms with van der Waals surface area (Å²) >= 11 is 0. The van der Waals surface area contributed by atoms with Crippen molar-refractivity contribution < 1.29 is 19.0 Å². The van der Waals surface area contributed by atoms with E-state index in [0.717, 1.165) is 0 Å². The molecule has 0 aliphatic carbocycles. The summed E-state index contributed by atoms with van der Waals surface area (Å²) in [7, 11) is 0. The van der Waals surface area contributed by atoms with Crippen molar-refractivity contribution in [2.45, 2.75) is 25.7 Å². The SMILES string of the molecule is CC1(C)OCC(COC(=O)c2ccccc2N)O1. The number of hydrogen-bond donors (Lipinski definition) is 1. The van der Waals surface area contributed by atoms with Gasteiger partial charge in [0.2, 0.25) is 0 Å². The molecule has 1 fully saturated rings. The van der Waals surface area contributed by atoms with Gasteiger partial charge in [-0.05, 0) is 26.0 Å². The second-order valence-electron chi connectivity index (χ2n) is 4.64. The van der Waals surface area contributed by atoms with Crippen LogP contribution in [0.25, 0.3) is 0 Å². The van der Waals surface area contributed by atoms with Crippen LogP contribution in [0, 0.1) is 0 Å². The maximum Gasteiger partial charge on any atom is 0.340 e. The number of benzene rings is 1. The molecule has 1 aliphatic heterocycles. The Kier molecular flexibility index (Phi) is 3.54. The Hall–Kier alpha value is -1.59. The van der Waals surface area contributed by atoms with Crippen molar-refractivity contribution in [3.05, 3.63) is 29.8 Å². The van der Waals surface area contributed by atoms with Crippen LogP contribution in [0.15, 0.2) is 24.3 Å². The molecule has 2 N–H and O–H groups in total. The van der Waals surface area contributed by atoms with E-state index < -0.39 is 11.8 Å². The fourth-order valence-electron chi connectivity index (χ4n) is 1.77. The molecule has 1 saturated heterocycles. The van der Waals surface area contributed by atoms with E-state index in [2.05, 4.69) is 0 Å². The summed E-state index contributed by atoms with van der Waals surface area (Å²) in [6, 6.07) is 6.80. The molecule has 1 atom stereocenters. The first kappa shape index (κ1) is 12.9. The van der Waals surface area contributed by atoms with Crippen LogP contribution in [0.3, 0.4) is 0 Å². The Bertz CT molecular complexity index is 444. The number of esters is 1. The summed E-state index contributed by atoms with van der Waals surface area (Å²) in [6.07, 6.45) is -0.228. The van der Waals surface area contributed by atoms with Gasteiger partial charge in [0, 0.05) is 5.69 Å². The Morgan fingerprint density at radius 3 is 2.83 bits per heavy atom. The maximum absolute atomic E-state index is 11.8. The molecule has 18 heavy (non-hydrogen) atoms. The van der Waals surface area contributed by atoms with Gasteiger partial charge in [0.25, 0.3) is 0 Å². The molecule has 1 aliphatic rings. The maximum atomic E-state index is 11.8. The van der Waals surface area contributed by atoms with Gasteiger partial charge in [-0.1, -0.05) is 12.1 Å². The van der Waals surface area contributed by atoms with Crippen LogP contribution in [0.4, 0.5) is 5.69 Å². The standard InChI is InChI=1S/C13H17NO4/c1-13(2)17-8-9(18-13)7-16-12(15)10-5-3-4-6-11(10)14/h3-6,9H,7-8,14H2,1-2H3. The largest absolute Gasteiger partial charge is 0.459 e. The van der Waals surface area contributed by atoms with Crippen molar-refractivity contribution in [1.82, 2.24) is 0 Å². The summed E-state index contributed by atoms with van der Waals surface area (Å²) in [5.41, 5.74) is 6.47. The van der Waals surface area contributed by atoms with Crippen LogP contribution in [-0.4, -0.2) is 31.1 Å². The summed E-state index contributed by atoms with van der Waals surface area (Å²) < 4.78 is 16.1. The number of hydrogen-bond acceptors (Lipinski definition) is 5. The van der Waals surface area contributed by atoms with Crippen LogP contribution in [0.5, 0.6) is 0 Å². The Morgan fingerprint density at radius 1 is 1.50 bits per heavy atom. The molecule has 0 spiro atoms. The zero-order valence-electron chi connectivity index (χ0n) is 10.5. The number of anilines is 1. The lowest BCUT2D eigenvalue weighted by Gasteiger charge is -2.17. The highest BCUT2D eigenvalue weighted by atomic mass is 16.7. The van der Waals surface area contributed by atoms with Gasteiger partial charge in [0.15, 0.2) is 5.79 Å². The van der Waals surface area contributed by atoms with Crippen molar-refractivity contribution in [2.24, 2.45) is 0 Å². The Labute approximate surface area is 106 Å². The number of nitrogen functional groups attached to an aromatic ring is 1. The fourth-order valence-corrected chi connectivity index (χ4v) is 1.77. The Morgan fingerprint density at radius 2 is 2.22 bits per heavy atom. The minimum absolute atomic E-state index is 0.163. The van der Waals surface area contributed by atoms with Crippen molar-refractivity contribution in [3.63, 3.8) is 0 Å². The summed E-state index contributed by atoms with van der Waals surface area (Å²) in [5.74, 6) is -1.05. The lowest BCUT2D eigenvalue weighted by Crippen LogP contribution is -2.25. The van der Waals surface area contributed by atoms with Gasteiger partial charge in [-0.15, -0.1) is 0 Å². The molecular weight excluding hydrogens is 234 g/mol. The smallest absolute Gasteiger partial charge is 0.340 e. The molecular formula is C13H17NO4. The first-order chi connectivity index (χ1) is 8.48. The van der Waals surface area contributed by atoms with E-state index in [0.29, 0.717) is 17.9 Å². The quantitative estimate of drug-likeness (QED) is 0.652. The number of para-hydroxylation sites is 1. The van der Waals surface area contributed by atoms with Gasteiger partial charge < -0.3 is 19.9 Å². The van der Waals surface area contributed by atoms with Crippen LogP contribution < -0.4 is 5.73 Å². The second kappa shape index (κ2) is 4.96. The number of rotatable bonds is 3. The van der Waals surface area contributed by atoms with E-state index in [1.807, 2.05) is 13.8 Å². The zero-order valence-corrected chi connectivity index (χ0v) is 10.5. The second-order valence-corrected chi connectivity index (χ2v) is 4.64. The van der Waals surface area contributed by atoms with E-state index in [1.54, 1.807) is 24.3 Å². The van der Waals surface area contributed by atoms with Crippen molar-refractivity contribution in [3.8, 4) is 0 Å². The van der Waals surface area contributed by atoms with Gasteiger partial charge in [-0.3, -0.25) is 0 Å². The minimum Gasteiger partial charge on any atom is -0.459 e. The molecule has 1 unspecified atom stereocenters. The van der Waals surface area contributed by atoms with E-state index in [4.69, 9.17) is 19.9 Å². The molecule has 0 amide bonds. The average molecular weight is 251 g/mol. The molecule has 1 aromatic rings. The summed E-state index contributed by atoms with van der Waals surface area (Å²) in [4.78, 5) is 11.8. The fraction of sp³-hybridized carbons (Fsp3) is 0.462. The van der Waals surface area contributed by atoms with E-state index in [9.17, 15) is 4.79 Å². The van der Waals surface area contributed by atoms with Crippen LogP contribution in [0.1, 0.15) is 24.2 Å². The average Bonchev–Trinajstić information content (AvgIpc) is 2.66. The predicted molar refractivity (Wildman–Crippen MR) is 66.0 cm³/mol. The topological polar surface area (TPSA) is 70.8 Å². The van der Waals surface area contributed by atoms with E-state index in [-0.39, 0.29) is 12.7 Å². The van der Waals surface area contributed by atoms with Crippen LogP contribution in [-0.2, 0) is 14.2 Å². The van der Waals surface area contributed by atoms with Gasteiger partial charge >= 0.3 is 5.97 Å². The molecule has 0 bridgehead atoms. The highest BCUT2D eigenvalue weighted by Gasteiger charge is 2.33. The molecule has 0 saturated carbocycles. The number of nitrogens with two attached hydrogens (primary N) is 1. The molecule has 0 aromatic heterocycles. The Balaban J connectivity index is 1.88. The summed E-state index contributed by atoms with van der Waals surface area (Å²) in [5, 5.41) is 0. The van der Waals surface area contributed by atoms with Gasteiger partial charge in [0.1, 0.15) is 12.7 Å². The highest BCUT2D eigenvalue weighted by molar-refractivity contribution is 5.94. The lowest BCUT2D eigenvalue weighted by atomic mass is 10.2. The molecule has 5 nitrogen and oxygen atoms in total. The number of carbonyl (C=O) groups is 1. The van der Waals surface area contributed by atoms with Crippen molar-refractivity contribution in [1.29, 1.82) is 0 Å². The van der Waals surface area contributed by atoms with Crippen LogP contribution in [0.2, 0.25) is 0 Å². The van der Waals surface area contributed by atoms with Crippen molar-refractivity contribution >= 4 is 11.7 Å². The monoisotopic (exact) mass is 251 g/mol. The lowest BCUT2D eigenvalue weighted by molar-refractivity contribution is -0.142. The van der Waals surface area contributed by atoms with Gasteiger partial charge in [-0.25, -0.2) is 4.79 Å². The predicted octanol–water partition coefficient (Wildman–Crippen LogP) is 1.58.